The van der Waals surface area contributed by atoms with E-state index in [1.165, 1.54) is 11.1 Å². The van der Waals surface area contributed by atoms with Gasteiger partial charge in [-0.1, -0.05) is 61.9 Å². The molecule has 0 aliphatic rings. The second-order valence-electron chi connectivity index (χ2n) is 6.21. The molecule has 2 N–H and O–H groups in total. The van der Waals surface area contributed by atoms with Crippen LogP contribution in [-0.2, 0) is 11.3 Å². The first-order valence-electron chi connectivity index (χ1n) is 8.79. The number of carbonyl (C=O) groups excluding carboxylic acids is 1. The Morgan fingerprint density at radius 2 is 1.75 bits per heavy atom. The highest BCUT2D eigenvalue weighted by atomic mass is 16.1. The lowest BCUT2D eigenvalue weighted by molar-refractivity contribution is -0.116. The molecule has 24 heavy (non-hydrogen) atoms. The van der Waals surface area contributed by atoms with Crippen LogP contribution in [0.1, 0.15) is 49.3 Å². The Bertz CT molecular complexity index is 649. The smallest absolute Gasteiger partial charge is 0.224 e. The van der Waals surface area contributed by atoms with Crippen LogP contribution in [0.25, 0.3) is 0 Å². The summed E-state index contributed by atoms with van der Waals surface area (Å²) in [4.78, 5) is 12.5. The minimum absolute atomic E-state index is 0.0753. The van der Waals surface area contributed by atoms with Crippen LogP contribution >= 0.6 is 0 Å². The van der Waals surface area contributed by atoms with Gasteiger partial charge in [0.1, 0.15) is 0 Å². The topological polar surface area (TPSA) is 41.1 Å². The van der Waals surface area contributed by atoms with Crippen LogP contribution in [0.2, 0.25) is 0 Å². The Balaban J connectivity index is 2.03. The standard InChI is InChI=1S/C21H28N2O/c1-4-17(18-12-10-16(3)11-13-18)14-21(24)23-20-9-7-6-8-19(20)15-22-5-2/h6-13,17,22H,4-5,14-15H2,1-3H3,(H,23,24). The van der Waals surface area contributed by atoms with Crippen LogP contribution in [-0.4, -0.2) is 12.5 Å². The molecule has 0 fully saturated rings. The molecule has 128 valence electrons. The van der Waals surface area contributed by atoms with Crippen molar-refractivity contribution >= 4 is 11.6 Å². The molecule has 0 aromatic heterocycles. The minimum atomic E-state index is 0.0753. The summed E-state index contributed by atoms with van der Waals surface area (Å²) in [5.74, 6) is 0.331. The van der Waals surface area contributed by atoms with E-state index in [1.807, 2.05) is 18.2 Å². The highest BCUT2D eigenvalue weighted by Crippen LogP contribution is 2.25. The average Bonchev–Trinajstić information content (AvgIpc) is 2.60. The van der Waals surface area contributed by atoms with Gasteiger partial charge < -0.3 is 10.6 Å². The Labute approximate surface area is 145 Å². The third kappa shape index (κ3) is 5.20. The molecule has 0 aliphatic carbocycles. The molecule has 3 nitrogen and oxygen atoms in total. The van der Waals surface area contributed by atoms with E-state index >= 15 is 0 Å². The van der Waals surface area contributed by atoms with E-state index in [2.05, 4.69) is 61.7 Å². The van der Waals surface area contributed by atoms with Crippen LogP contribution in [0.4, 0.5) is 5.69 Å². The number of para-hydroxylation sites is 1. The minimum Gasteiger partial charge on any atom is -0.326 e. The molecular weight excluding hydrogens is 296 g/mol. The SMILES string of the molecule is CCNCc1ccccc1NC(=O)CC(CC)c1ccc(C)cc1. The number of hydrogen-bond donors (Lipinski definition) is 2. The van der Waals surface area contributed by atoms with E-state index in [9.17, 15) is 4.79 Å². The van der Waals surface area contributed by atoms with E-state index in [-0.39, 0.29) is 11.8 Å². The molecule has 0 spiro atoms. The molecule has 3 heteroatoms. The molecule has 1 atom stereocenters. The third-order valence-corrected chi connectivity index (χ3v) is 4.33. The quantitative estimate of drug-likeness (QED) is 0.743. The second kappa shape index (κ2) is 9.24. The van der Waals surface area contributed by atoms with Crippen molar-refractivity contribution < 1.29 is 4.79 Å². The van der Waals surface area contributed by atoms with Crippen molar-refractivity contribution in [3.05, 3.63) is 65.2 Å². The molecule has 2 aromatic carbocycles. The fraction of sp³-hybridized carbons (Fsp3) is 0.381. The number of aryl methyl sites for hydroxylation is 1. The molecule has 0 bridgehead atoms. The maximum Gasteiger partial charge on any atom is 0.224 e. The van der Waals surface area contributed by atoms with Gasteiger partial charge in [0.05, 0.1) is 0 Å². The molecule has 1 amide bonds. The first-order chi connectivity index (χ1) is 11.6. The zero-order chi connectivity index (χ0) is 17.4. The summed E-state index contributed by atoms with van der Waals surface area (Å²) in [7, 11) is 0. The van der Waals surface area contributed by atoms with Crippen LogP contribution in [0.3, 0.4) is 0 Å². The van der Waals surface area contributed by atoms with Gasteiger partial charge in [-0.15, -0.1) is 0 Å². The van der Waals surface area contributed by atoms with Gasteiger partial charge in [0, 0.05) is 18.7 Å². The van der Waals surface area contributed by atoms with Gasteiger partial charge in [-0.3, -0.25) is 4.79 Å². The lowest BCUT2D eigenvalue weighted by atomic mass is 9.92. The third-order valence-electron chi connectivity index (χ3n) is 4.33. The predicted molar refractivity (Wildman–Crippen MR) is 101 cm³/mol. The van der Waals surface area contributed by atoms with Crippen molar-refractivity contribution in [1.29, 1.82) is 0 Å². The van der Waals surface area contributed by atoms with Crippen molar-refractivity contribution in [2.24, 2.45) is 0 Å². The molecule has 0 saturated heterocycles. The maximum atomic E-state index is 12.5. The molecule has 0 saturated carbocycles. The van der Waals surface area contributed by atoms with Gasteiger partial charge in [-0.2, -0.15) is 0 Å². The van der Waals surface area contributed by atoms with Crippen LogP contribution in [0.5, 0.6) is 0 Å². The normalized spacial score (nSPS) is 12.0. The summed E-state index contributed by atoms with van der Waals surface area (Å²) in [6, 6.07) is 16.5. The van der Waals surface area contributed by atoms with Crippen molar-refractivity contribution in [1.82, 2.24) is 5.32 Å². The molecule has 2 rings (SSSR count). The summed E-state index contributed by atoms with van der Waals surface area (Å²) in [6.45, 7) is 7.97. The summed E-state index contributed by atoms with van der Waals surface area (Å²) in [6.07, 6.45) is 1.46. The molecule has 0 aliphatic heterocycles. The van der Waals surface area contributed by atoms with E-state index in [1.54, 1.807) is 0 Å². The first-order valence-corrected chi connectivity index (χ1v) is 8.79. The van der Waals surface area contributed by atoms with E-state index in [4.69, 9.17) is 0 Å². The largest absolute Gasteiger partial charge is 0.326 e. The average molecular weight is 324 g/mol. The number of carbonyl (C=O) groups is 1. The van der Waals surface area contributed by atoms with Gasteiger partial charge in [-0.05, 0) is 43.0 Å². The van der Waals surface area contributed by atoms with Gasteiger partial charge in [0.2, 0.25) is 5.91 Å². The molecular formula is C21H28N2O. The number of anilines is 1. The molecule has 0 heterocycles. The number of amides is 1. The number of benzene rings is 2. The number of nitrogens with one attached hydrogen (secondary N) is 2. The fourth-order valence-electron chi connectivity index (χ4n) is 2.82. The number of rotatable bonds is 8. The van der Waals surface area contributed by atoms with Gasteiger partial charge in [0.25, 0.3) is 0 Å². The highest BCUT2D eigenvalue weighted by Gasteiger charge is 2.15. The zero-order valence-electron chi connectivity index (χ0n) is 14.9. The first kappa shape index (κ1) is 18.2. The van der Waals surface area contributed by atoms with Gasteiger partial charge in [0.15, 0.2) is 0 Å². The van der Waals surface area contributed by atoms with Gasteiger partial charge in [-0.25, -0.2) is 0 Å². The lowest BCUT2D eigenvalue weighted by Gasteiger charge is -2.17. The molecule has 2 aromatic rings. The Morgan fingerprint density at radius 1 is 1.04 bits per heavy atom. The van der Waals surface area contributed by atoms with Crippen molar-refractivity contribution in [3.63, 3.8) is 0 Å². The fourth-order valence-corrected chi connectivity index (χ4v) is 2.82. The molecule has 0 radical (unpaired) electrons. The Hall–Kier alpha value is -2.13. The number of hydrogen-bond acceptors (Lipinski definition) is 2. The monoisotopic (exact) mass is 324 g/mol. The maximum absolute atomic E-state index is 12.5. The molecule has 1 unspecified atom stereocenters. The van der Waals surface area contributed by atoms with Crippen molar-refractivity contribution in [2.45, 2.75) is 46.1 Å². The van der Waals surface area contributed by atoms with Crippen LogP contribution < -0.4 is 10.6 Å². The summed E-state index contributed by atoms with van der Waals surface area (Å²) < 4.78 is 0. The van der Waals surface area contributed by atoms with Crippen molar-refractivity contribution in [3.8, 4) is 0 Å². The summed E-state index contributed by atoms with van der Waals surface area (Å²) >= 11 is 0. The van der Waals surface area contributed by atoms with E-state index in [0.29, 0.717) is 6.42 Å². The van der Waals surface area contributed by atoms with Crippen LogP contribution in [0, 0.1) is 6.92 Å². The van der Waals surface area contributed by atoms with Crippen molar-refractivity contribution in [2.75, 3.05) is 11.9 Å². The second-order valence-corrected chi connectivity index (χ2v) is 6.21. The van der Waals surface area contributed by atoms with Gasteiger partial charge >= 0.3 is 0 Å². The summed E-state index contributed by atoms with van der Waals surface area (Å²) in [5.41, 5.74) is 4.51. The Morgan fingerprint density at radius 3 is 2.42 bits per heavy atom. The summed E-state index contributed by atoms with van der Waals surface area (Å²) in [5, 5.41) is 6.40. The van der Waals surface area contributed by atoms with Crippen LogP contribution in [0.15, 0.2) is 48.5 Å². The highest BCUT2D eigenvalue weighted by molar-refractivity contribution is 5.92. The predicted octanol–water partition coefficient (Wildman–Crippen LogP) is 4.63. The zero-order valence-corrected chi connectivity index (χ0v) is 14.9. The Kier molecular flexibility index (Phi) is 7.01. The van der Waals surface area contributed by atoms with E-state index < -0.39 is 0 Å². The lowest BCUT2D eigenvalue weighted by Crippen LogP contribution is -2.18. The van der Waals surface area contributed by atoms with E-state index in [0.717, 1.165) is 30.8 Å².